The van der Waals surface area contributed by atoms with E-state index in [4.69, 9.17) is 0 Å². The van der Waals surface area contributed by atoms with E-state index in [1.54, 1.807) is 38.1 Å². The number of amides is 1. The van der Waals surface area contributed by atoms with E-state index in [1.165, 1.54) is 9.87 Å². The molecule has 0 aliphatic rings. The molecule has 0 aliphatic heterocycles. The Morgan fingerprint density at radius 3 is 2.16 bits per heavy atom. The van der Waals surface area contributed by atoms with Gasteiger partial charge in [0.1, 0.15) is 0 Å². The summed E-state index contributed by atoms with van der Waals surface area (Å²) in [5, 5.41) is 2.86. The van der Waals surface area contributed by atoms with Crippen LogP contribution in [-0.4, -0.2) is 26.6 Å². The lowest BCUT2D eigenvalue weighted by atomic mass is 10.1. The monoisotopic (exact) mass is 360 g/mol. The molecule has 0 radical (unpaired) electrons. The van der Waals surface area contributed by atoms with Crippen LogP contribution in [0.1, 0.15) is 35.3 Å². The Hall–Kier alpha value is -2.34. The molecule has 0 bridgehead atoms. The molecule has 0 heterocycles. The van der Waals surface area contributed by atoms with E-state index in [1.807, 2.05) is 32.0 Å². The number of anilines is 2. The largest absolute Gasteiger partial charge is 0.322 e. The zero-order chi connectivity index (χ0) is 18.6. The molecule has 2 rings (SSSR count). The summed E-state index contributed by atoms with van der Waals surface area (Å²) >= 11 is 0. The van der Waals surface area contributed by atoms with Crippen molar-refractivity contribution in [3.05, 3.63) is 59.2 Å². The van der Waals surface area contributed by atoms with E-state index in [9.17, 15) is 13.2 Å². The van der Waals surface area contributed by atoms with Gasteiger partial charge in [0.05, 0.1) is 11.4 Å². The Balaban J connectivity index is 2.18. The maximum atomic E-state index is 12.4. The molecule has 0 saturated heterocycles. The number of nitrogens with zero attached hydrogens (tertiary/aromatic N) is 1. The fourth-order valence-corrected chi connectivity index (χ4v) is 3.65. The topological polar surface area (TPSA) is 66.5 Å². The average molecular weight is 360 g/mol. The van der Waals surface area contributed by atoms with Crippen molar-refractivity contribution >= 4 is 27.3 Å². The van der Waals surface area contributed by atoms with Crippen molar-refractivity contribution in [1.82, 2.24) is 0 Å². The van der Waals surface area contributed by atoms with Gasteiger partial charge in [0.15, 0.2) is 0 Å². The van der Waals surface area contributed by atoms with Gasteiger partial charge in [0.2, 0.25) is 10.0 Å². The highest BCUT2D eigenvalue weighted by molar-refractivity contribution is 7.92. The number of hydrogen-bond acceptors (Lipinski definition) is 3. The zero-order valence-electron chi connectivity index (χ0n) is 15.0. The van der Waals surface area contributed by atoms with Gasteiger partial charge >= 0.3 is 0 Å². The van der Waals surface area contributed by atoms with Crippen molar-refractivity contribution in [2.24, 2.45) is 0 Å². The highest BCUT2D eigenvalue weighted by Crippen LogP contribution is 2.20. The summed E-state index contributed by atoms with van der Waals surface area (Å²) in [6, 6.07) is 12.3. The lowest BCUT2D eigenvalue weighted by Crippen LogP contribution is -2.32. The number of nitrogens with one attached hydrogen (secondary N) is 1. The molecule has 0 unspecified atom stereocenters. The third kappa shape index (κ3) is 4.39. The van der Waals surface area contributed by atoms with Crippen molar-refractivity contribution in [3.8, 4) is 0 Å². The molecule has 0 atom stereocenters. The van der Waals surface area contributed by atoms with Gasteiger partial charge < -0.3 is 5.32 Å². The maximum absolute atomic E-state index is 12.4. The second-order valence-corrected chi connectivity index (χ2v) is 8.05. The lowest BCUT2D eigenvalue weighted by Gasteiger charge is -2.22. The van der Waals surface area contributed by atoms with Gasteiger partial charge in [0.25, 0.3) is 5.91 Å². The molecule has 134 valence electrons. The minimum Gasteiger partial charge on any atom is -0.322 e. The Kier molecular flexibility index (Phi) is 5.85. The van der Waals surface area contributed by atoms with E-state index in [0.29, 0.717) is 17.8 Å². The van der Waals surface area contributed by atoms with Gasteiger partial charge in [0, 0.05) is 17.8 Å². The quantitative estimate of drug-likeness (QED) is 0.853. The lowest BCUT2D eigenvalue weighted by molar-refractivity contribution is 0.102. The van der Waals surface area contributed by atoms with E-state index in [0.717, 1.165) is 11.3 Å². The first-order valence-electron chi connectivity index (χ1n) is 8.27. The van der Waals surface area contributed by atoms with Gasteiger partial charge in [-0.15, -0.1) is 0 Å². The molecule has 1 N–H and O–H groups in total. The standard InChI is InChI=1S/C19H24N2O3S/c1-5-21(25(23,24)6-2)18-11-8-16(9-12-18)19(22)20-17-10-7-14(3)15(4)13-17/h7-13H,5-6H2,1-4H3,(H,20,22). The van der Waals surface area contributed by atoms with Crippen LogP contribution in [0.4, 0.5) is 11.4 Å². The molecular formula is C19H24N2O3S. The number of aryl methyl sites for hydroxylation is 2. The number of rotatable bonds is 6. The number of benzene rings is 2. The van der Waals surface area contributed by atoms with E-state index in [-0.39, 0.29) is 11.7 Å². The first-order valence-corrected chi connectivity index (χ1v) is 9.88. The van der Waals surface area contributed by atoms with Crippen LogP contribution in [0.25, 0.3) is 0 Å². The van der Waals surface area contributed by atoms with Crippen LogP contribution in [0.3, 0.4) is 0 Å². The van der Waals surface area contributed by atoms with Gasteiger partial charge in [-0.25, -0.2) is 8.42 Å². The van der Waals surface area contributed by atoms with Crippen LogP contribution in [0.2, 0.25) is 0 Å². The molecule has 0 aliphatic carbocycles. The van der Waals surface area contributed by atoms with Crippen LogP contribution < -0.4 is 9.62 Å². The molecule has 0 fully saturated rings. The second kappa shape index (κ2) is 7.70. The highest BCUT2D eigenvalue weighted by Gasteiger charge is 2.19. The van der Waals surface area contributed by atoms with Crippen molar-refractivity contribution in [2.75, 3.05) is 21.9 Å². The third-order valence-corrected chi connectivity index (χ3v) is 6.04. The van der Waals surface area contributed by atoms with Gasteiger partial charge in [-0.1, -0.05) is 6.07 Å². The normalized spacial score (nSPS) is 11.2. The Morgan fingerprint density at radius 1 is 1.00 bits per heavy atom. The second-order valence-electron chi connectivity index (χ2n) is 5.87. The fraction of sp³-hybridized carbons (Fsp3) is 0.316. The van der Waals surface area contributed by atoms with Crippen molar-refractivity contribution in [1.29, 1.82) is 0 Å². The Labute approximate surface area is 149 Å². The first-order chi connectivity index (χ1) is 11.8. The molecule has 0 saturated carbocycles. The Morgan fingerprint density at radius 2 is 1.64 bits per heavy atom. The van der Waals surface area contributed by atoms with Crippen molar-refractivity contribution < 1.29 is 13.2 Å². The summed E-state index contributed by atoms with van der Waals surface area (Å²) in [7, 11) is -3.32. The summed E-state index contributed by atoms with van der Waals surface area (Å²) < 4.78 is 25.5. The Bertz CT molecular complexity index is 859. The predicted molar refractivity (Wildman–Crippen MR) is 103 cm³/mol. The van der Waals surface area contributed by atoms with E-state index in [2.05, 4.69) is 5.32 Å². The molecule has 0 spiro atoms. The van der Waals surface area contributed by atoms with Crippen LogP contribution >= 0.6 is 0 Å². The SMILES string of the molecule is CCN(c1ccc(C(=O)Nc2ccc(C)c(C)c2)cc1)S(=O)(=O)CC. The van der Waals surface area contributed by atoms with Crippen molar-refractivity contribution in [2.45, 2.75) is 27.7 Å². The molecule has 5 nitrogen and oxygen atoms in total. The predicted octanol–water partition coefficient (Wildman–Crippen LogP) is 3.73. The molecule has 2 aromatic carbocycles. The molecule has 6 heteroatoms. The van der Waals surface area contributed by atoms with Crippen LogP contribution in [0.5, 0.6) is 0 Å². The number of hydrogen-bond donors (Lipinski definition) is 1. The fourth-order valence-electron chi connectivity index (χ4n) is 2.50. The molecule has 2 aromatic rings. The van der Waals surface area contributed by atoms with Gasteiger partial charge in [-0.3, -0.25) is 9.10 Å². The minimum absolute atomic E-state index is 0.0376. The summed E-state index contributed by atoms with van der Waals surface area (Å²) in [5.41, 5.74) is 4.05. The van der Waals surface area contributed by atoms with Crippen LogP contribution in [-0.2, 0) is 10.0 Å². The molecular weight excluding hydrogens is 336 g/mol. The molecule has 0 aromatic heterocycles. The summed E-state index contributed by atoms with van der Waals surface area (Å²) in [6.07, 6.45) is 0. The van der Waals surface area contributed by atoms with Crippen LogP contribution in [0, 0.1) is 13.8 Å². The first kappa shape index (κ1) is 19.0. The van der Waals surface area contributed by atoms with Crippen molar-refractivity contribution in [3.63, 3.8) is 0 Å². The maximum Gasteiger partial charge on any atom is 0.255 e. The average Bonchev–Trinajstić information content (AvgIpc) is 2.59. The highest BCUT2D eigenvalue weighted by atomic mass is 32.2. The van der Waals surface area contributed by atoms with E-state index >= 15 is 0 Å². The van der Waals surface area contributed by atoms with Gasteiger partial charge in [-0.2, -0.15) is 0 Å². The van der Waals surface area contributed by atoms with E-state index < -0.39 is 10.0 Å². The van der Waals surface area contributed by atoms with Gasteiger partial charge in [-0.05, 0) is 75.2 Å². The summed E-state index contributed by atoms with van der Waals surface area (Å²) in [5.74, 6) is -0.188. The molecule has 25 heavy (non-hydrogen) atoms. The summed E-state index contributed by atoms with van der Waals surface area (Å²) in [6.45, 7) is 7.76. The number of carbonyl (C=O) groups is 1. The molecule has 1 amide bonds. The smallest absolute Gasteiger partial charge is 0.255 e. The third-order valence-electron chi connectivity index (χ3n) is 4.17. The van der Waals surface area contributed by atoms with Crippen LogP contribution in [0.15, 0.2) is 42.5 Å². The summed E-state index contributed by atoms with van der Waals surface area (Å²) in [4.78, 5) is 12.4. The minimum atomic E-state index is -3.32. The zero-order valence-corrected chi connectivity index (χ0v) is 15.9. The number of carbonyl (C=O) groups excluding carboxylic acids is 1. The number of sulfonamides is 1.